The highest BCUT2D eigenvalue weighted by Crippen LogP contribution is 2.26. The van der Waals surface area contributed by atoms with Crippen LogP contribution in [0.25, 0.3) is 11.3 Å². The summed E-state index contributed by atoms with van der Waals surface area (Å²) in [6.07, 6.45) is 0.292. The van der Waals surface area contributed by atoms with Gasteiger partial charge in [-0.25, -0.2) is 9.78 Å². The lowest BCUT2D eigenvalue weighted by molar-refractivity contribution is -0.137. The van der Waals surface area contributed by atoms with Gasteiger partial charge in [-0.1, -0.05) is 61.0 Å². The van der Waals surface area contributed by atoms with E-state index in [1.54, 1.807) is 19.1 Å². The van der Waals surface area contributed by atoms with Gasteiger partial charge in [0.1, 0.15) is 12.3 Å². The Balaban J connectivity index is 1.60. The first-order valence-electron chi connectivity index (χ1n) is 9.29. The average Bonchev–Trinajstić information content (AvgIpc) is 3.22. The van der Waals surface area contributed by atoms with Crippen molar-refractivity contribution in [2.24, 2.45) is 5.92 Å². The van der Waals surface area contributed by atoms with Crippen LogP contribution in [0.4, 0.5) is 5.13 Å². The van der Waals surface area contributed by atoms with Gasteiger partial charge >= 0.3 is 5.97 Å². The van der Waals surface area contributed by atoms with E-state index in [4.69, 9.17) is 21.7 Å². The zero-order valence-corrected chi connectivity index (χ0v) is 17.8. The van der Waals surface area contributed by atoms with E-state index in [0.29, 0.717) is 22.3 Å². The highest BCUT2D eigenvalue weighted by Gasteiger charge is 2.28. The predicted molar refractivity (Wildman–Crippen MR) is 119 cm³/mol. The first-order chi connectivity index (χ1) is 14.5. The maximum Gasteiger partial charge on any atom is 0.353 e. The number of anilines is 1. The summed E-state index contributed by atoms with van der Waals surface area (Å²) >= 11 is 7.17. The van der Waals surface area contributed by atoms with Gasteiger partial charge < -0.3 is 10.1 Å². The SMILES string of the molecule is CCC(C(=N)C(=O)OCc1ccccc1)C(=O)Nc1nc(-c2ccc(Cl)cc2)cs1. The Bertz CT molecular complexity index is 1040. The van der Waals surface area contributed by atoms with Crippen molar-refractivity contribution < 1.29 is 14.3 Å². The molecule has 0 saturated carbocycles. The summed E-state index contributed by atoms with van der Waals surface area (Å²) < 4.78 is 5.18. The molecule has 1 heterocycles. The van der Waals surface area contributed by atoms with Gasteiger partial charge in [0.25, 0.3) is 0 Å². The van der Waals surface area contributed by atoms with Crippen LogP contribution in [0.1, 0.15) is 18.9 Å². The number of hydrogen-bond donors (Lipinski definition) is 2. The summed E-state index contributed by atoms with van der Waals surface area (Å²) in [4.78, 5) is 29.3. The molecule has 1 amide bonds. The van der Waals surface area contributed by atoms with E-state index in [1.165, 1.54) is 11.3 Å². The summed E-state index contributed by atoms with van der Waals surface area (Å²) in [7, 11) is 0. The van der Waals surface area contributed by atoms with Gasteiger partial charge in [0.2, 0.25) is 5.91 Å². The third-order valence-corrected chi connectivity index (χ3v) is 5.39. The van der Waals surface area contributed by atoms with E-state index in [1.807, 2.05) is 47.8 Å². The summed E-state index contributed by atoms with van der Waals surface area (Å²) in [5.41, 5.74) is 2.02. The van der Waals surface area contributed by atoms with Crippen molar-refractivity contribution in [3.8, 4) is 11.3 Å². The molecule has 2 N–H and O–H groups in total. The molecule has 154 valence electrons. The van der Waals surface area contributed by atoms with Crippen molar-refractivity contribution in [1.29, 1.82) is 5.41 Å². The number of hydrogen-bond acceptors (Lipinski definition) is 6. The number of aromatic nitrogens is 1. The molecule has 0 spiro atoms. The Hall–Kier alpha value is -3.03. The Kier molecular flexibility index (Phi) is 7.32. The summed E-state index contributed by atoms with van der Waals surface area (Å²) in [5, 5.41) is 13.7. The quantitative estimate of drug-likeness (QED) is 0.371. The molecular weight excluding hydrogens is 422 g/mol. The number of halogens is 1. The van der Waals surface area contributed by atoms with Crippen molar-refractivity contribution in [3.63, 3.8) is 0 Å². The zero-order valence-electron chi connectivity index (χ0n) is 16.2. The summed E-state index contributed by atoms with van der Waals surface area (Å²) in [6.45, 7) is 1.79. The third-order valence-electron chi connectivity index (χ3n) is 4.38. The number of rotatable bonds is 8. The lowest BCUT2D eigenvalue weighted by atomic mass is 9.99. The number of ether oxygens (including phenoxy) is 1. The van der Waals surface area contributed by atoms with Crippen molar-refractivity contribution in [1.82, 2.24) is 4.98 Å². The maximum atomic E-state index is 12.6. The fraction of sp³-hybridized carbons (Fsp3) is 0.182. The number of esters is 1. The molecule has 0 aliphatic heterocycles. The van der Waals surface area contributed by atoms with Gasteiger partial charge in [-0.2, -0.15) is 0 Å². The van der Waals surface area contributed by atoms with Crippen LogP contribution in [0.2, 0.25) is 5.02 Å². The van der Waals surface area contributed by atoms with Gasteiger partial charge in [-0.15, -0.1) is 11.3 Å². The van der Waals surface area contributed by atoms with Crippen LogP contribution in [-0.2, 0) is 20.9 Å². The molecule has 3 aromatic rings. The molecule has 3 rings (SSSR count). The molecule has 6 nitrogen and oxygen atoms in total. The van der Waals surface area contributed by atoms with Crippen LogP contribution >= 0.6 is 22.9 Å². The minimum atomic E-state index is -0.920. The van der Waals surface area contributed by atoms with Crippen LogP contribution in [0.5, 0.6) is 0 Å². The van der Waals surface area contributed by atoms with E-state index in [2.05, 4.69) is 10.3 Å². The minimum Gasteiger partial charge on any atom is -0.456 e. The molecule has 0 saturated heterocycles. The topological polar surface area (TPSA) is 92.1 Å². The molecular formula is C22H20ClN3O3S. The number of benzene rings is 2. The molecule has 0 aliphatic carbocycles. The molecule has 2 aromatic carbocycles. The first-order valence-corrected chi connectivity index (χ1v) is 10.6. The number of carbonyl (C=O) groups is 2. The second-order valence-corrected chi connectivity index (χ2v) is 7.76. The fourth-order valence-corrected chi connectivity index (χ4v) is 3.59. The van der Waals surface area contributed by atoms with Gasteiger partial charge in [0, 0.05) is 16.0 Å². The van der Waals surface area contributed by atoms with Crippen LogP contribution in [0.3, 0.4) is 0 Å². The molecule has 0 aliphatic rings. The molecule has 0 bridgehead atoms. The average molecular weight is 442 g/mol. The first kappa shape index (κ1) is 21.7. The van der Waals surface area contributed by atoms with Crippen molar-refractivity contribution >= 4 is 45.7 Å². The number of nitrogens with zero attached hydrogens (tertiary/aromatic N) is 1. The second kappa shape index (κ2) is 10.1. The summed E-state index contributed by atoms with van der Waals surface area (Å²) in [6, 6.07) is 16.4. The number of amides is 1. The van der Waals surface area contributed by atoms with E-state index in [-0.39, 0.29) is 12.3 Å². The van der Waals surface area contributed by atoms with Crippen LogP contribution < -0.4 is 5.32 Å². The highest BCUT2D eigenvalue weighted by atomic mass is 35.5. The number of nitrogens with one attached hydrogen (secondary N) is 2. The predicted octanol–water partition coefficient (Wildman–Crippen LogP) is 5.19. The Morgan fingerprint density at radius 2 is 1.87 bits per heavy atom. The molecule has 1 aromatic heterocycles. The van der Waals surface area contributed by atoms with Gasteiger partial charge in [-0.3, -0.25) is 10.2 Å². The van der Waals surface area contributed by atoms with E-state index in [9.17, 15) is 9.59 Å². The lowest BCUT2D eigenvalue weighted by Gasteiger charge is -2.14. The van der Waals surface area contributed by atoms with Crippen molar-refractivity contribution in [2.75, 3.05) is 5.32 Å². The van der Waals surface area contributed by atoms with Crippen molar-refractivity contribution in [3.05, 3.63) is 70.6 Å². The Morgan fingerprint density at radius 1 is 1.17 bits per heavy atom. The standard InChI is InChI=1S/C22H20ClN3O3S/c1-2-17(19(24)21(28)29-12-14-6-4-3-5-7-14)20(27)26-22-25-18(13-30-22)15-8-10-16(23)11-9-15/h3-11,13,17,24H,2,12H2,1H3,(H,25,26,27). The minimum absolute atomic E-state index is 0.0526. The molecule has 30 heavy (non-hydrogen) atoms. The number of thiazole rings is 1. The Labute approximate surface area is 183 Å². The lowest BCUT2D eigenvalue weighted by Crippen LogP contribution is -2.34. The second-order valence-electron chi connectivity index (χ2n) is 6.47. The molecule has 0 fully saturated rings. The summed E-state index contributed by atoms with van der Waals surface area (Å²) in [5.74, 6) is -2.19. The van der Waals surface area contributed by atoms with Crippen LogP contribution in [0.15, 0.2) is 60.0 Å². The Morgan fingerprint density at radius 3 is 2.53 bits per heavy atom. The zero-order chi connectivity index (χ0) is 21.5. The highest BCUT2D eigenvalue weighted by molar-refractivity contribution is 7.14. The molecule has 0 radical (unpaired) electrons. The monoisotopic (exact) mass is 441 g/mol. The van der Waals surface area contributed by atoms with Gasteiger partial charge in [0.15, 0.2) is 5.13 Å². The van der Waals surface area contributed by atoms with Gasteiger partial charge in [0.05, 0.1) is 11.6 Å². The fourth-order valence-electron chi connectivity index (χ4n) is 2.74. The van der Waals surface area contributed by atoms with E-state index < -0.39 is 17.8 Å². The molecule has 8 heteroatoms. The molecule has 1 atom stereocenters. The smallest absolute Gasteiger partial charge is 0.353 e. The third kappa shape index (κ3) is 5.52. The van der Waals surface area contributed by atoms with E-state index >= 15 is 0 Å². The van der Waals surface area contributed by atoms with E-state index in [0.717, 1.165) is 11.1 Å². The maximum absolute atomic E-state index is 12.6. The molecule has 1 unspecified atom stereocenters. The normalized spacial score (nSPS) is 11.5. The van der Waals surface area contributed by atoms with Crippen LogP contribution in [0, 0.1) is 11.3 Å². The van der Waals surface area contributed by atoms with Gasteiger partial charge in [-0.05, 0) is 24.1 Å². The van der Waals surface area contributed by atoms with Crippen LogP contribution in [-0.4, -0.2) is 22.6 Å². The van der Waals surface area contributed by atoms with Crippen molar-refractivity contribution in [2.45, 2.75) is 20.0 Å². The largest absolute Gasteiger partial charge is 0.456 e. The number of carbonyl (C=O) groups excluding carboxylic acids is 2.